The molecule has 3 aromatic carbocycles. The van der Waals surface area contributed by atoms with Crippen LogP contribution in [0.2, 0.25) is 0 Å². The summed E-state index contributed by atoms with van der Waals surface area (Å²) < 4.78 is 5.33. The molecule has 4 nitrogen and oxygen atoms in total. The minimum atomic E-state index is 0.0940. The summed E-state index contributed by atoms with van der Waals surface area (Å²) in [6.07, 6.45) is 1.88. The monoisotopic (exact) mass is 440 g/mol. The Hall–Kier alpha value is -2.95. The number of rotatable bonds is 6. The van der Waals surface area contributed by atoms with Gasteiger partial charge >= 0.3 is 0 Å². The zero-order valence-corrected chi connectivity index (χ0v) is 19.3. The topological polar surface area (TPSA) is 32.8 Å². The number of carbonyl (C=O) groups excluding carboxylic acids is 1. The highest BCUT2D eigenvalue weighted by molar-refractivity contribution is 6.00. The van der Waals surface area contributed by atoms with Crippen molar-refractivity contribution in [1.82, 2.24) is 9.80 Å². The van der Waals surface area contributed by atoms with Gasteiger partial charge in [-0.25, -0.2) is 0 Å². The molecular weight excluding hydrogens is 408 g/mol. The van der Waals surface area contributed by atoms with Crippen LogP contribution in [0.1, 0.15) is 39.5 Å². The summed E-state index contributed by atoms with van der Waals surface area (Å²) in [6, 6.07) is 27.8. The van der Waals surface area contributed by atoms with Gasteiger partial charge in [0.1, 0.15) is 5.75 Å². The predicted molar refractivity (Wildman–Crippen MR) is 132 cm³/mol. The van der Waals surface area contributed by atoms with E-state index in [0.29, 0.717) is 5.78 Å². The van der Waals surface area contributed by atoms with Crippen molar-refractivity contribution in [2.75, 3.05) is 39.8 Å². The SMILES string of the molecule is COc1ccc2c(c1)CCC(CN1CCN(C(c3ccccc3)c3ccccc3)CC1)C2=O. The Balaban J connectivity index is 1.24. The van der Waals surface area contributed by atoms with Crippen molar-refractivity contribution < 1.29 is 9.53 Å². The van der Waals surface area contributed by atoms with E-state index in [1.807, 2.05) is 18.2 Å². The fourth-order valence-electron chi connectivity index (χ4n) is 5.40. The number of ether oxygens (including phenoxy) is 1. The summed E-state index contributed by atoms with van der Waals surface area (Å²) in [5.41, 5.74) is 4.70. The Morgan fingerprint density at radius 1 is 0.879 bits per heavy atom. The Morgan fingerprint density at radius 2 is 1.52 bits per heavy atom. The van der Waals surface area contributed by atoms with Gasteiger partial charge < -0.3 is 9.64 Å². The van der Waals surface area contributed by atoms with Gasteiger partial charge in [0, 0.05) is 44.2 Å². The second-order valence-corrected chi connectivity index (χ2v) is 9.18. The van der Waals surface area contributed by atoms with Crippen LogP contribution in [-0.2, 0) is 6.42 Å². The Labute approximate surface area is 196 Å². The van der Waals surface area contributed by atoms with E-state index < -0.39 is 0 Å². The first-order valence-corrected chi connectivity index (χ1v) is 12.0. The van der Waals surface area contributed by atoms with Crippen LogP contribution in [0.15, 0.2) is 78.9 Å². The third kappa shape index (κ3) is 4.73. The fourth-order valence-corrected chi connectivity index (χ4v) is 5.40. The first-order chi connectivity index (χ1) is 16.2. The zero-order valence-electron chi connectivity index (χ0n) is 19.3. The van der Waals surface area contributed by atoms with Crippen LogP contribution in [0.5, 0.6) is 5.75 Å². The molecule has 5 rings (SSSR count). The normalized spacial score (nSPS) is 19.5. The largest absolute Gasteiger partial charge is 0.497 e. The molecule has 1 aliphatic carbocycles. The average molecular weight is 441 g/mol. The molecule has 1 aliphatic heterocycles. The lowest BCUT2D eigenvalue weighted by Crippen LogP contribution is -2.49. The summed E-state index contributed by atoms with van der Waals surface area (Å²) in [6.45, 7) is 4.86. The minimum absolute atomic E-state index is 0.0940. The van der Waals surface area contributed by atoms with E-state index in [1.165, 1.54) is 11.1 Å². The number of piperazine rings is 1. The summed E-state index contributed by atoms with van der Waals surface area (Å²) in [5, 5.41) is 0. The number of fused-ring (bicyclic) bond motifs is 1. The maximum absolute atomic E-state index is 13.2. The second kappa shape index (κ2) is 9.90. The Bertz CT molecular complexity index is 1040. The van der Waals surface area contributed by atoms with Crippen molar-refractivity contribution in [3.05, 3.63) is 101 Å². The van der Waals surface area contributed by atoms with Crippen LogP contribution < -0.4 is 4.74 Å². The van der Waals surface area contributed by atoms with Gasteiger partial charge in [-0.3, -0.25) is 9.69 Å². The molecule has 170 valence electrons. The van der Waals surface area contributed by atoms with Crippen molar-refractivity contribution in [2.24, 2.45) is 5.92 Å². The molecule has 0 N–H and O–H groups in total. The van der Waals surface area contributed by atoms with E-state index >= 15 is 0 Å². The number of hydrogen-bond acceptors (Lipinski definition) is 4. The number of aryl methyl sites for hydroxylation is 1. The van der Waals surface area contributed by atoms with Gasteiger partial charge in [-0.15, -0.1) is 0 Å². The predicted octanol–water partition coefficient (Wildman–Crippen LogP) is 4.85. The molecule has 3 aromatic rings. The lowest BCUT2D eigenvalue weighted by Gasteiger charge is -2.41. The average Bonchev–Trinajstić information content (AvgIpc) is 2.88. The van der Waals surface area contributed by atoms with E-state index in [1.54, 1.807) is 7.11 Å². The molecule has 0 bridgehead atoms. The molecule has 1 atom stereocenters. The van der Waals surface area contributed by atoms with E-state index in [0.717, 1.165) is 62.4 Å². The summed E-state index contributed by atoms with van der Waals surface area (Å²) >= 11 is 0. The van der Waals surface area contributed by atoms with E-state index in [9.17, 15) is 4.79 Å². The summed E-state index contributed by atoms with van der Waals surface area (Å²) in [4.78, 5) is 18.2. The maximum Gasteiger partial charge on any atom is 0.167 e. The van der Waals surface area contributed by atoms with E-state index in [2.05, 4.69) is 70.5 Å². The minimum Gasteiger partial charge on any atom is -0.497 e. The molecule has 1 heterocycles. The number of nitrogens with zero attached hydrogens (tertiary/aromatic N) is 2. The van der Waals surface area contributed by atoms with Crippen LogP contribution in [0.3, 0.4) is 0 Å². The first kappa shape index (κ1) is 21.9. The van der Waals surface area contributed by atoms with Crippen molar-refractivity contribution >= 4 is 5.78 Å². The van der Waals surface area contributed by atoms with Crippen LogP contribution >= 0.6 is 0 Å². The van der Waals surface area contributed by atoms with E-state index in [4.69, 9.17) is 4.74 Å². The van der Waals surface area contributed by atoms with E-state index in [-0.39, 0.29) is 12.0 Å². The van der Waals surface area contributed by atoms with Gasteiger partial charge in [-0.05, 0) is 47.7 Å². The van der Waals surface area contributed by atoms with Crippen LogP contribution in [0, 0.1) is 5.92 Å². The van der Waals surface area contributed by atoms with Gasteiger partial charge in [-0.1, -0.05) is 60.7 Å². The van der Waals surface area contributed by atoms with Crippen molar-refractivity contribution in [3.63, 3.8) is 0 Å². The lowest BCUT2D eigenvalue weighted by molar-refractivity contribution is 0.0746. The number of benzene rings is 3. The number of ketones is 1. The Morgan fingerprint density at radius 3 is 2.12 bits per heavy atom. The van der Waals surface area contributed by atoms with Crippen molar-refractivity contribution in [2.45, 2.75) is 18.9 Å². The number of methoxy groups -OCH3 is 1. The molecule has 4 heteroatoms. The van der Waals surface area contributed by atoms with Gasteiger partial charge in [0.15, 0.2) is 5.78 Å². The molecule has 0 radical (unpaired) electrons. The molecule has 0 saturated carbocycles. The summed E-state index contributed by atoms with van der Waals surface area (Å²) in [7, 11) is 1.68. The van der Waals surface area contributed by atoms with Gasteiger partial charge in [-0.2, -0.15) is 0 Å². The standard InChI is InChI=1S/C29H32N2O2/c1-33-26-14-15-27-24(20-26)12-13-25(29(27)32)21-30-16-18-31(19-17-30)28(22-8-4-2-5-9-22)23-10-6-3-7-11-23/h2-11,14-15,20,25,28H,12-13,16-19,21H2,1H3. The molecule has 1 saturated heterocycles. The molecule has 0 spiro atoms. The maximum atomic E-state index is 13.2. The number of carbonyl (C=O) groups is 1. The molecule has 1 fully saturated rings. The van der Waals surface area contributed by atoms with Gasteiger partial charge in [0.2, 0.25) is 0 Å². The highest BCUT2D eigenvalue weighted by Gasteiger charge is 2.32. The first-order valence-electron chi connectivity index (χ1n) is 12.0. The third-order valence-electron chi connectivity index (χ3n) is 7.19. The van der Waals surface area contributed by atoms with Crippen LogP contribution in [0.4, 0.5) is 0 Å². The highest BCUT2D eigenvalue weighted by atomic mass is 16.5. The molecule has 2 aliphatic rings. The smallest absolute Gasteiger partial charge is 0.167 e. The molecular formula is C29H32N2O2. The quantitative estimate of drug-likeness (QED) is 0.549. The molecule has 0 aromatic heterocycles. The third-order valence-corrected chi connectivity index (χ3v) is 7.19. The lowest BCUT2D eigenvalue weighted by atomic mass is 9.82. The van der Waals surface area contributed by atoms with Crippen molar-refractivity contribution in [1.29, 1.82) is 0 Å². The molecule has 0 amide bonds. The summed E-state index contributed by atoms with van der Waals surface area (Å²) in [5.74, 6) is 1.23. The zero-order chi connectivity index (χ0) is 22.6. The van der Waals surface area contributed by atoms with Gasteiger partial charge in [0.05, 0.1) is 13.2 Å². The Kier molecular flexibility index (Phi) is 6.56. The van der Waals surface area contributed by atoms with Crippen LogP contribution in [0.25, 0.3) is 0 Å². The van der Waals surface area contributed by atoms with Gasteiger partial charge in [0.25, 0.3) is 0 Å². The van der Waals surface area contributed by atoms with Crippen molar-refractivity contribution in [3.8, 4) is 5.75 Å². The highest BCUT2D eigenvalue weighted by Crippen LogP contribution is 2.31. The molecule has 33 heavy (non-hydrogen) atoms. The fraction of sp³-hybridized carbons (Fsp3) is 0.345. The van der Waals surface area contributed by atoms with Crippen LogP contribution in [-0.4, -0.2) is 55.4 Å². The number of hydrogen-bond donors (Lipinski definition) is 0. The number of Topliss-reactive ketones (excluding diaryl/α,β-unsaturated/α-hetero) is 1. The second-order valence-electron chi connectivity index (χ2n) is 9.18. The molecule has 1 unspecified atom stereocenters.